The molecule has 0 saturated carbocycles. The van der Waals surface area contributed by atoms with E-state index in [2.05, 4.69) is 4.98 Å². The molecule has 1 aliphatic heterocycles. The standard InChI is InChI=1S/C16H19N3O3S/c1-11-4-3-5-14-17-13(9-19(11)14)16(21)18-6-7-23-10-12(18)8-15(20)22-2/h3-5,9,12H,6-8,10H2,1-2H3. The number of aromatic nitrogens is 2. The predicted molar refractivity (Wildman–Crippen MR) is 88.7 cm³/mol. The van der Waals surface area contributed by atoms with Crippen LogP contribution in [0.5, 0.6) is 0 Å². The van der Waals surface area contributed by atoms with Crippen LogP contribution in [0.15, 0.2) is 24.4 Å². The van der Waals surface area contributed by atoms with Crippen molar-refractivity contribution in [2.75, 3.05) is 25.2 Å². The van der Waals surface area contributed by atoms with Gasteiger partial charge >= 0.3 is 5.97 Å². The molecule has 3 heterocycles. The van der Waals surface area contributed by atoms with Crippen LogP contribution in [-0.2, 0) is 9.53 Å². The highest BCUT2D eigenvalue weighted by Crippen LogP contribution is 2.22. The zero-order chi connectivity index (χ0) is 16.4. The first-order valence-electron chi connectivity index (χ1n) is 7.50. The van der Waals surface area contributed by atoms with E-state index in [0.717, 1.165) is 22.8 Å². The maximum atomic E-state index is 12.8. The number of thioether (sulfide) groups is 1. The molecule has 1 atom stereocenters. The summed E-state index contributed by atoms with van der Waals surface area (Å²) in [5.74, 6) is 1.20. The average Bonchev–Trinajstić information content (AvgIpc) is 3.00. The average molecular weight is 333 g/mol. The Kier molecular flexibility index (Phi) is 4.56. The number of methoxy groups -OCH3 is 1. The minimum absolute atomic E-state index is 0.123. The lowest BCUT2D eigenvalue weighted by molar-refractivity contribution is -0.141. The van der Waals surface area contributed by atoms with Crippen LogP contribution in [0.2, 0.25) is 0 Å². The Hall–Kier alpha value is -2.02. The third-order valence-electron chi connectivity index (χ3n) is 4.03. The zero-order valence-corrected chi connectivity index (χ0v) is 14.0. The van der Waals surface area contributed by atoms with Crippen molar-refractivity contribution in [2.24, 2.45) is 0 Å². The summed E-state index contributed by atoms with van der Waals surface area (Å²) in [7, 11) is 1.37. The fourth-order valence-corrected chi connectivity index (χ4v) is 3.83. The Bertz CT molecular complexity index is 743. The van der Waals surface area contributed by atoms with Crippen molar-refractivity contribution in [1.82, 2.24) is 14.3 Å². The van der Waals surface area contributed by atoms with Gasteiger partial charge in [-0.05, 0) is 19.1 Å². The van der Waals surface area contributed by atoms with Crippen molar-refractivity contribution in [3.63, 3.8) is 0 Å². The van der Waals surface area contributed by atoms with Crippen molar-refractivity contribution in [3.05, 3.63) is 35.8 Å². The minimum Gasteiger partial charge on any atom is -0.469 e. The molecular weight excluding hydrogens is 314 g/mol. The summed E-state index contributed by atoms with van der Waals surface area (Å²) in [5.41, 5.74) is 2.19. The third-order valence-corrected chi connectivity index (χ3v) is 5.13. The highest BCUT2D eigenvalue weighted by atomic mass is 32.2. The molecule has 122 valence electrons. The van der Waals surface area contributed by atoms with Crippen molar-refractivity contribution in [3.8, 4) is 0 Å². The molecule has 1 aliphatic rings. The van der Waals surface area contributed by atoms with E-state index < -0.39 is 0 Å². The second kappa shape index (κ2) is 6.62. The molecule has 0 bridgehead atoms. The molecule has 3 rings (SSSR count). The Labute approximate surface area is 138 Å². The van der Waals surface area contributed by atoms with Crippen LogP contribution in [0.3, 0.4) is 0 Å². The number of nitrogens with zero attached hydrogens (tertiary/aromatic N) is 3. The van der Waals surface area contributed by atoms with E-state index in [-0.39, 0.29) is 24.3 Å². The number of fused-ring (bicyclic) bond motifs is 1. The number of pyridine rings is 1. The fourth-order valence-electron chi connectivity index (χ4n) is 2.77. The van der Waals surface area contributed by atoms with Crippen molar-refractivity contribution in [1.29, 1.82) is 0 Å². The Morgan fingerprint density at radius 1 is 1.43 bits per heavy atom. The first kappa shape index (κ1) is 15.9. The number of hydrogen-bond acceptors (Lipinski definition) is 5. The number of esters is 1. The smallest absolute Gasteiger partial charge is 0.307 e. The SMILES string of the molecule is COC(=O)CC1CSCCN1C(=O)c1cn2c(C)cccc2n1. The molecule has 2 aromatic heterocycles. The molecule has 0 aliphatic carbocycles. The highest BCUT2D eigenvalue weighted by Gasteiger charge is 2.31. The first-order chi connectivity index (χ1) is 11.1. The van der Waals surface area contributed by atoms with E-state index in [1.54, 1.807) is 22.9 Å². The molecular formula is C16H19N3O3S. The van der Waals surface area contributed by atoms with Gasteiger partial charge in [-0.3, -0.25) is 9.59 Å². The van der Waals surface area contributed by atoms with Gasteiger partial charge in [0.25, 0.3) is 5.91 Å². The number of ether oxygens (including phenoxy) is 1. The molecule has 0 spiro atoms. The summed E-state index contributed by atoms with van der Waals surface area (Å²) in [5, 5.41) is 0. The van der Waals surface area contributed by atoms with Crippen LogP contribution in [-0.4, -0.2) is 57.4 Å². The summed E-state index contributed by atoms with van der Waals surface area (Å²) < 4.78 is 6.65. The lowest BCUT2D eigenvalue weighted by Gasteiger charge is -2.34. The third kappa shape index (κ3) is 3.19. The topological polar surface area (TPSA) is 63.9 Å². The van der Waals surface area contributed by atoms with Crippen molar-refractivity contribution in [2.45, 2.75) is 19.4 Å². The molecule has 1 unspecified atom stereocenters. The van der Waals surface area contributed by atoms with Gasteiger partial charge in [-0.2, -0.15) is 11.8 Å². The lowest BCUT2D eigenvalue weighted by Crippen LogP contribution is -2.47. The van der Waals surface area contributed by atoms with E-state index >= 15 is 0 Å². The van der Waals surface area contributed by atoms with Crippen LogP contribution in [0.1, 0.15) is 22.6 Å². The Balaban J connectivity index is 1.86. The quantitative estimate of drug-likeness (QED) is 0.801. The number of hydrogen-bond donors (Lipinski definition) is 0. The Morgan fingerprint density at radius 2 is 2.26 bits per heavy atom. The van der Waals surface area contributed by atoms with Crippen LogP contribution < -0.4 is 0 Å². The normalized spacial score (nSPS) is 18.2. The van der Waals surface area contributed by atoms with E-state index in [0.29, 0.717) is 12.2 Å². The van der Waals surface area contributed by atoms with Gasteiger partial charge in [-0.15, -0.1) is 0 Å². The van der Waals surface area contributed by atoms with Gasteiger partial charge in [0.05, 0.1) is 19.6 Å². The monoisotopic (exact) mass is 333 g/mol. The van der Waals surface area contributed by atoms with Crippen molar-refractivity contribution < 1.29 is 14.3 Å². The molecule has 1 amide bonds. The van der Waals surface area contributed by atoms with Crippen LogP contribution in [0, 0.1) is 6.92 Å². The van der Waals surface area contributed by atoms with E-state index in [9.17, 15) is 9.59 Å². The maximum absolute atomic E-state index is 12.8. The van der Waals surface area contributed by atoms with Gasteiger partial charge in [0.15, 0.2) is 0 Å². The number of carbonyl (C=O) groups excluding carboxylic acids is 2. The second-order valence-electron chi connectivity index (χ2n) is 5.53. The van der Waals surface area contributed by atoms with Gasteiger partial charge in [-0.1, -0.05) is 6.07 Å². The Morgan fingerprint density at radius 3 is 3.00 bits per heavy atom. The van der Waals surface area contributed by atoms with Gasteiger partial charge in [-0.25, -0.2) is 4.98 Å². The van der Waals surface area contributed by atoms with E-state index in [1.807, 2.05) is 29.5 Å². The van der Waals surface area contributed by atoms with Gasteiger partial charge in [0.2, 0.25) is 0 Å². The van der Waals surface area contributed by atoms with E-state index in [4.69, 9.17) is 4.74 Å². The molecule has 23 heavy (non-hydrogen) atoms. The fraction of sp³-hybridized carbons (Fsp3) is 0.438. The highest BCUT2D eigenvalue weighted by molar-refractivity contribution is 7.99. The first-order valence-corrected chi connectivity index (χ1v) is 8.66. The molecule has 0 aromatic carbocycles. The predicted octanol–water partition coefficient (Wildman–Crippen LogP) is 1.76. The molecule has 7 heteroatoms. The lowest BCUT2D eigenvalue weighted by atomic mass is 10.2. The maximum Gasteiger partial charge on any atom is 0.307 e. The van der Waals surface area contributed by atoms with Gasteiger partial charge in [0, 0.05) is 29.9 Å². The van der Waals surface area contributed by atoms with E-state index in [1.165, 1.54) is 7.11 Å². The molecule has 6 nitrogen and oxygen atoms in total. The molecule has 1 fully saturated rings. The number of aryl methyl sites for hydroxylation is 1. The summed E-state index contributed by atoms with van der Waals surface area (Å²) in [6, 6.07) is 5.63. The van der Waals surface area contributed by atoms with Gasteiger partial charge in [0.1, 0.15) is 11.3 Å². The second-order valence-corrected chi connectivity index (χ2v) is 6.68. The summed E-state index contributed by atoms with van der Waals surface area (Å²) in [6.45, 7) is 2.60. The van der Waals surface area contributed by atoms with Crippen LogP contribution in [0.25, 0.3) is 5.65 Å². The van der Waals surface area contributed by atoms with Crippen LogP contribution >= 0.6 is 11.8 Å². The summed E-state index contributed by atoms with van der Waals surface area (Å²) in [6.07, 6.45) is 1.99. The summed E-state index contributed by atoms with van der Waals surface area (Å²) >= 11 is 1.75. The minimum atomic E-state index is -0.291. The molecule has 0 N–H and O–H groups in total. The van der Waals surface area contributed by atoms with Gasteiger partial charge < -0.3 is 14.0 Å². The largest absolute Gasteiger partial charge is 0.469 e. The number of carbonyl (C=O) groups is 2. The zero-order valence-electron chi connectivity index (χ0n) is 13.2. The number of rotatable bonds is 3. The van der Waals surface area contributed by atoms with Crippen LogP contribution in [0.4, 0.5) is 0 Å². The summed E-state index contributed by atoms with van der Waals surface area (Å²) in [4.78, 5) is 30.6. The molecule has 0 radical (unpaired) electrons. The van der Waals surface area contributed by atoms with Crippen molar-refractivity contribution >= 4 is 29.3 Å². The number of imidazole rings is 1. The molecule has 1 saturated heterocycles. The molecule has 2 aromatic rings. The number of amides is 1.